The van der Waals surface area contributed by atoms with E-state index in [2.05, 4.69) is 32.8 Å². The van der Waals surface area contributed by atoms with E-state index in [9.17, 15) is 4.79 Å². The summed E-state index contributed by atoms with van der Waals surface area (Å²) in [5.74, 6) is 1.56. The molecule has 0 bridgehead atoms. The van der Waals surface area contributed by atoms with E-state index in [1.807, 2.05) is 37.8 Å². The Morgan fingerprint density at radius 3 is 2.39 bits per heavy atom. The molecule has 0 unspecified atom stereocenters. The highest BCUT2D eigenvalue weighted by Gasteiger charge is 2.44. The van der Waals surface area contributed by atoms with Gasteiger partial charge in [-0.1, -0.05) is 0 Å². The lowest BCUT2D eigenvalue weighted by molar-refractivity contribution is 0.0271. The first-order chi connectivity index (χ1) is 10.8. The molecule has 1 aromatic heterocycles. The molecule has 1 aromatic rings. The number of amides is 1. The third-order valence-electron chi connectivity index (χ3n) is 4.25. The molecule has 126 valence electrons. The Kier molecular flexibility index (Phi) is 4.66. The van der Waals surface area contributed by atoms with Crippen molar-refractivity contribution in [3.05, 3.63) is 15.8 Å². The van der Waals surface area contributed by atoms with Crippen molar-refractivity contribution in [3.8, 4) is 5.88 Å². The number of aromatic nitrogens is 2. The van der Waals surface area contributed by atoms with Crippen molar-refractivity contribution in [2.75, 3.05) is 13.1 Å². The molecule has 1 saturated heterocycles. The lowest BCUT2D eigenvalue weighted by Gasteiger charge is -2.25. The number of ether oxygens (including phenoxy) is 2. The van der Waals surface area contributed by atoms with Crippen LogP contribution in [0.2, 0.25) is 0 Å². The highest BCUT2D eigenvalue weighted by molar-refractivity contribution is 14.1. The van der Waals surface area contributed by atoms with Crippen LogP contribution in [-0.4, -0.2) is 46.0 Å². The summed E-state index contributed by atoms with van der Waals surface area (Å²) >= 11 is 2.12. The number of halogens is 1. The van der Waals surface area contributed by atoms with Crippen LogP contribution in [0.15, 0.2) is 12.1 Å². The van der Waals surface area contributed by atoms with Crippen LogP contribution < -0.4 is 4.74 Å². The standard InChI is InChI=1S/C16H22IN3O3/c1-16(2,3)23-15(21)20-8-10-6-12(7-11(10)9-20)22-14-5-4-13(17)18-19-14/h4-5,10-12H,6-9H2,1-3H3/t10-,11+,12-. The first kappa shape index (κ1) is 16.7. The third-order valence-corrected chi connectivity index (χ3v) is 4.83. The van der Waals surface area contributed by atoms with Crippen molar-refractivity contribution in [2.45, 2.75) is 45.3 Å². The number of rotatable bonds is 2. The van der Waals surface area contributed by atoms with Gasteiger partial charge in [0, 0.05) is 19.2 Å². The largest absolute Gasteiger partial charge is 0.473 e. The minimum atomic E-state index is -0.441. The van der Waals surface area contributed by atoms with Crippen LogP contribution in [0.5, 0.6) is 5.88 Å². The molecule has 0 spiro atoms. The SMILES string of the molecule is CC(C)(C)OC(=O)N1C[C@H]2C[C@@H](Oc3ccc(I)nn3)C[C@H]2C1. The van der Waals surface area contributed by atoms with Gasteiger partial charge in [0.05, 0.1) is 0 Å². The molecule has 0 aromatic carbocycles. The van der Waals surface area contributed by atoms with Gasteiger partial charge in [-0.3, -0.25) is 0 Å². The minimum Gasteiger partial charge on any atom is -0.473 e. The Labute approximate surface area is 150 Å². The Hall–Kier alpha value is -1.12. The summed E-state index contributed by atoms with van der Waals surface area (Å²) in [7, 11) is 0. The third kappa shape index (κ3) is 4.24. The van der Waals surface area contributed by atoms with Crippen LogP contribution in [0, 0.1) is 15.5 Å². The van der Waals surface area contributed by atoms with Gasteiger partial charge >= 0.3 is 6.09 Å². The maximum Gasteiger partial charge on any atom is 0.410 e. The molecule has 1 aliphatic heterocycles. The minimum absolute atomic E-state index is 0.167. The summed E-state index contributed by atoms with van der Waals surface area (Å²) in [4.78, 5) is 14.0. The Bertz CT molecular complexity index is 559. The van der Waals surface area contributed by atoms with E-state index in [0.717, 1.165) is 29.6 Å². The van der Waals surface area contributed by atoms with Crippen molar-refractivity contribution in [2.24, 2.45) is 11.8 Å². The summed E-state index contributed by atoms with van der Waals surface area (Å²) in [6.07, 6.45) is 1.88. The van der Waals surface area contributed by atoms with Gasteiger partial charge in [-0.15, -0.1) is 10.2 Å². The summed E-state index contributed by atoms with van der Waals surface area (Å²) in [6, 6.07) is 3.75. The molecule has 2 aliphatic rings. The summed E-state index contributed by atoms with van der Waals surface area (Å²) in [5, 5.41) is 8.06. The second-order valence-electron chi connectivity index (χ2n) is 7.31. The molecule has 2 fully saturated rings. The number of fused-ring (bicyclic) bond motifs is 1. The molecule has 1 saturated carbocycles. The van der Waals surface area contributed by atoms with E-state index in [-0.39, 0.29) is 12.2 Å². The predicted molar refractivity (Wildman–Crippen MR) is 93.2 cm³/mol. The fourth-order valence-corrected chi connectivity index (χ4v) is 3.64. The average molecular weight is 431 g/mol. The van der Waals surface area contributed by atoms with Gasteiger partial charge < -0.3 is 14.4 Å². The first-order valence-electron chi connectivity index (χ1n) is 7.94. The molecule has 2 heterocycles. The Morgan fingerprint density at radius 2 is 1.87 bits per heavy atom. The molecule has 1 amide bonds. The van der Waals surface area contributed by atoms with Gasteiger partial charge in [-0.2, -0.15) is 0 Å². The van der Waals surface area contributed by atoms with Crippen LogP contribution in [-0.2, 0) is 4.74 Å². The number of nitrogens with zero attached hydrogens (tertiary/aromatic N) is 3. The molecular weight excluding hydrogens is 409 g/mol. The molecular formula is C16H22IN3O3. The maximum atomic E-state index is 12.2. The van der Waals surface area contributed by atoms with E-state index < -0.39 is 5.60 Å². The highest BCUT2D eigenvalue weighted by atomic mass is 127. The van der Waals surface area contributed by atoms with E-state index in [0.29, 0.717) is 17.7 Å². The van der Waals surface area contributed by atoms with Crippen LogP contribution >= 0.6 is 22.6 Å². The number of likely N-dealkylation sites (tertiary alicyclic amines) is 1. The topological polar surface area (TPSA) is 64.5 Å². The number of hydrogen-bond donors (Lipinski definition) is 0. The predicted octanol–water partition coefficient (Wildman–Crippen LogP) is 3.11. The highest BCUT2D eigenvalue weighted by Crippen LogP contribution is 2.39. The molecule has 3 atom stereocenters. The quantitative estimate of drug-likeness (QED) is 0.674. The molecule has 0 radical (unpaired) electrons. The fraction of sp³-hybridized carbons (Fsp3) is 0.688. The monoisotopic (exact) mass is 431 g/mol. The van der Waals surface area contributed by atoms with Crippen molar-refractivity contribution >= 4 is 28.7 Å². The van der Waals surface area contributed by atoms with Crippen molar-refractivity contribution in [3.63, 3.8) is 0 Å². The van der Waals surface area contributed by atoms with Gasteiger partial charge in [0.15, 0.2) is 0 Å². The maximum absolute atomic E-state index is 12.2. The molecule has 6 nitrogen and oxygen atoms in total. The van der Waals surface area contributed by atoms with E-state index in [4.69, 9.17) is 9.47 Å². The molecule has 0 N–H and O–H groups in total. The number of hydrogen-bond acceptors (Lipinski definition) is 5. The van der Waals surface area contributed by atoms with Crippen LogP contribution in [0.25, 0.3) is 0 Å². The van der Waals surface area contributed by atoms with Crippen LogP contribution in [0.1, 0.15) is 33.6 Å². The van der Waals surface area contributed by atoms with Gasteiger partial charge in [-0.25, -0.2) is 4.79 Å². The zero-order chi connectivity index (χ0) is 16.6. The van der Waals surface area contributed by atoms with Gasteiger partial charge in [0.1, 0.15) is 15.4 Å². The van der Waals surface area contributed by atoms with Crippen molar-refractivity contribution < 1.29 is 14.3 Å². The second-order valence-corrected chi connectivity index (χ2v) is 8.42. The lowest BCUT2D eigenvalue weighted by Crippen LogP contribution is -2.36. The summed E-state index contributed by atoms with van der Waals surface area (Å²) in [5.41, 5.74) is -0.441. The van der Waals surface area contributed by atoms with Gasteiger partial charge in [0.25, 0.3) is 0 Å². The normalized spacial score (nSPS) is 27.0. The molecule has 7 heteroatoms. The van der Waals surface area contributed by atoms with E-state index in [1.165, 1.54) is 0 Å². The van der Waals surface area contributed by atoms with Crippen LogP contribution in [0.4, 0.5) is 4.79 Å². The van der Waals surface area contributed by atoms with Crippen LogP contribution in [0.3, 0.4) is 0 Å². The second kappa shape index (κ2) is 6.41. The number of carbonyl (C=O) groups is 1. The van der Waals surface area contributed by atoms with Gasteiger partial charge in [-0.05, 0) is 74.1 Å². The summed E-state index contributed by atoms with van der Waals surface area (Å²) < 4.78 is 12.2. The Balaban J connectivity index is 1.51. The van der Waals surface area contributed by atoms with Gasteiger partial charge in [0.2, 0.25) is 5.88 Å². The Morgan fingerprint density at radius 1 is 1.22 bits per heavy atom. The molecule has 1 aliphatic carbocycles. The molecule has 3 rings (SSSR count). The summed E-state index contributed by atoms with van der Waals surface area (Å²) in [6.45, 7) is 7.21. The van der Waals surface area contributed by atoms with Crippen molar-refractivity contribution in [1.82, 2.24) is 15.1 Å². The first-order valence-corrected chi connectivity index (χ1v) is 9.02. The zero-order valence-corrected chi connectivity index (χ0v) is 15.8. The van der Waals surface area contributed by atoms with E-state index in [1.54, 1.807) is 0 Å². The number of carbonyl (C=O) groups excluding carboxylic acids is 1. The smallest absolute Gasteiger partial charge is 0.410 e. The van der Waals surface area contributed by atoms with Crippen molar-refractivity contribution in [1.29, 1.82) is 0 Å². The lowest BCUT2D eigenvalue weighted by atomic mass is 10.0. The fourth-order valence-electron chi connectivity index (χ4n) is 3.35. The average Bonchev–Trinajstić information content (AvgIpc) is 2.97. The molecule has 23 heavy (non-hydrogen) atoms. The zero-order valence-electron chi connectivity index (χ0n) is 13.7. The van der Waals surface area contributed by atoms with E-state index >= 15 is 0 Å².